The lowest BCUT2D eigenvalue weighted by Crippen LogP contribution is -2.22. The van der Waals surface area contributed by atoms with E-state index in [0.717, 1.165) is 5.75 Å². The fraction of sp³-hybridized carbons (Fsp3) is 0.278. The summed E-state index contributed by atoms with van der Waals surface area (Å²) in [6.45, 7) is 4.39. The molecule has 0 saturated carbocycles. The molecule has 2 aromatic carbocycles. The molecule has 0 bridgehead atoms. The number of nitrogens with one attached hydrogen (secondary N) is 1. The van der Waals surface area contributed by atoms with Gasteiger partial charge in [-0.25, -0.2) is 0 Å². The Morgan fingerprint density at radius 3 is 2.10 bits per heavy atom. The van der Waals surface area contributed by atoms with Crippen LogP contribution >= 0.6 is 0 Å². The molecule has 0 aliphatic rings. The topological polar surface area (TPSA) is 45.0 Å². The molecule has 2 aromatic rings. The molecule has 3 nitrogen and oxygen atoms in total. The average Bonchev–Trinajstić information content (AvgIpc) is 2.54. The fourth-order valence-corrected chi connectivity index (χ4v) is 2.28. The first-order valence-electron chi connectivity index (χ1n) is 7.11. The van der Waals surface area contributed by atoms with Crippen LogP contribution in [0, 0.1) is 11.3 Å². The van der Waals surface area contributed by atoms with Crippen molar-refractivity contribution in [3.63, 3.8) is 0 Å². The smallest absolute Gasteiger partial charge is 0.174 e. The second kappa shape index (κ2) is 7.47. The van der Waals surface area contributed by atoms with Crippen molar-refractivity contribution >= 4 is 0 Å². The van der Waals surface area contributed by atoms with Gasteiger partial charge in [-0.05, 0) is 37.1 Å². The highest BCUT2D eigenvalue weighted by atomic mass is 16.5. The quantitative estimate of drug-likeness (QED) is 0.869. The van der Waals surface area contributed by atoms with Crippen molar-refractivity contribution in [2.24, 2.45) is 0 Å². The molecule has 21 heavy (non-hydrogen) atoms. The SMILES string of the molecule is CC(N[C@H](C)c1ccccc1)c1ccc(OCC#N)cc1. The molecule has 0 spiro atoms. The Morgan fingerprint density at radius 2 is 1.52 bits per heavy atom. The average molecular weight is 280 g/mol. The number of nitrogens with zero attached hydrogens (tertiary/aromatic N) is 1. The van der Waals surface area contributed by atoms with Crippen LogP contribution in [0.25, 0.3) is 0 Å². The van der Waals surface area contributed by atoms with Gasteiger partial charge >= 0.3 is 0 Å². The second-order valence-electron chi connectivity index (χ2n) is 5.04. The van der Waals surface area contributed by atoms with Crippen molar-refractivity contribution in [3.8, 4) is 11.8 Å². The summed E-state index contributed by atoms with van der Waals surface area (Å²) >= 11 is 0. The van der Waals surface area contributed by atoms with E-state index < -0.39 is 0 Å². The highest BCUT2D eigenvalue weighted by molar-refractivity contribution is 5.29. The molecule has 2 atom stereocenters. The third kappa shape index (κ3) is 4.34. The van der Waals surface area contributed by atoms with Crippen LogP contribution in [0.5, 0.6) is 5.75 Å². The Bertz CT molecular complexity index is 587. The molecular formula is C18H20N2O. The van der Waals surface area contributed by atoms with Gasteiger partial charge in [-0.15, -0.1) is 0 Å². The zero-order valence-corrected chi connectivity index (χ0v) is 12.4. The molecule has 0 aromatic heterocycles. The third-order valence-electron chi connectivity index (χ3n) is 3.48. The molecule has 0 amide bonds. The molecule has 0 fully saturated rings. The summed E-state index contributed by atoms with van der Waals surface area (Å²) in [4.78, 5) is 0. The van der Waals surface area contributed by atoms with Crippen molar-refractivity contribution < 1.29 is 4.74 Å². The van der Waals surface area contributed by atoms with Gasteiger partial charge in [0.2, 0.25) is 0 Å². The first-order chi connectivity index (χ1) is 10.2. The Morgan fingerprint density at radius 1 is 0.952 bits per heavy atom. The van der Waals surface area contributed by atoms with Crippen molar-refractivity contribution in [2.45, 2.75) is 25.9 Å². The van der Waals surface area contributed by atoms with Crippen molar-refractivity contribution in [1.82, 2.24) is 5.32 Å². The van der Waals surface area contributed by atoms with Crippen molar-refractivity contribution in [2.75, 3.05) is 6.61 Å². The third-order valence-corrected chi connectivity index (χ3v) is 3.48. The fourth-order valence-electron chi connectivity index (χ4n) is 2.28. The van der Waals surface area contributed by atoms with Crippen LogP contribution in [0.3, 0.4) is 0 Å². The van der Waals surface area contributed by atoms with Gasteiger partial charge in [0.25, 0.3) is 0 Å². The van der Waals surface area contributed by atoms with Crippen LogP contribution in [0.2, 0.25) is 0 Å². The van der Waals surface area contributed by atoms with Gasteiger partial charge in [-0.1, -0.05) is 42.5 Å². The van der Waals surface area contributed by atoms with E-state index in [1.807, 2.05) is 36.4 Å². The van der Waals surface area contributed by atoms with Crippen LogP contribution in [0.15, 0.2) is 54.6 Å². The highest BCUT2D eigenvalue weighted by Gasteiger charge is 2.10. The Labute approximate surface area is 126 Å². The van der Waals surface area contributed by atoms with Gasteiger partial charge < -0.3 is 10.1 Å². The van der Waals surface area contributed by atoms with E-state index in [1.54, 1.807) is 0 Å². The predicted molar refractivity (Wildman–Crippen MR) is 84.0 cm³/mol. The summed E-state index contributed by atoms with van der Waals surface area (Å²) in [7, 11) is 0. The second-order valence-corrected chi connectivity index (χ2v) is 5.04. The molecule has 0 aliphatic carbocycles. The van der Waals surface area contributed by atoms with E-state index in [1.165, 1.54) is 11.1 Å². The van der Waals surface area contributed by atoms with Gasteiger partial charge in [0.05, 0.1) is 0 Å². The summed E-state index contributed by atoms with van der Waals surface area (Å²) in [5, 5.41) is 12.1. The molecule has 0 radical (unpaired) electrons. The normalized spacial score (nSPS) is 13.2. The maximum absolute atomic E-state index is 8.49. The Balaban J connectivity index is 1.97. The first-order valence-corrected chi connectivity index (χ1v) is 7.11. The number of benzene rings is 2. The summed E-state index contributed by atoms with van der Waals surface area (Å²) in [6, 6.07) is 20.7. The number of nitriles is 1. The van der Waals surface area contributed by atoms with E-state index in [2.05, 4.69) is 43.4 Å². The summed E-state index contributed by atoms with van der Waals surface area (Å²) in [6.07, 6.45) is 0. The Kier molecular flexibility index (Phi) is 5.36. The molecular weight excluding hydrogens is 260 g/mol. The maximum atomic E-state index is 8.49. The molecule has 0 aliphatic heterocycles. The van der Waals surface area contributed by atoms with Crippen LogP contribution in [-0.2, 0) is 0 Å². The predicted octanol–water partition coefficient (Wildman–Crippen LogP) is 4.00. The zero-order valence-electron chi connectivity index (χ0n) is 12.4. The standard InChI is InChI=1S/C18H20N2O/c1-14(16-6-4-3-5-7-16)20-15(2)17-8-10-18(11-9-17)21-13-12-19/h3-11,14-15,20H,13H2,1-2H3/t14-,15?/m1/s1. The van der Waals surface area contributed by atoms with Gasteiger partial charge in [0, 0.05) is 12.1 Å². The van der Waals surface area contributed by atoms with Crippen molar-refractivity contribution in [3.05, 3.63) is 65.7 Å². The molecule has 1 N–H and O–H groups in total. The van der Waals surface area contributed by atoms with Crippen molar-refractivity contribution in [1.29, 1.82) is 5.26 Å². The number of ether oxygens (including phenoxy) is 1. The lowest BCUT2D eigenvalue weighted by Gasteiger charge is -2.21. The Hall–Kier alpha value is -2.31. The van der Waals surface area contributed by atoms with Gasteiger partial charge in [0.15, 0.2) is 6.61 Å². The molecule has 0 heterocycles. The minimum absolute atomic E-state index is 0.0815. The maximum Gasteiger partial charge on any atom is 0.174 e. The minimum atomic E-state index is 0.0815. The summed E-state index contributed by atoms with van der Waals surface area (Å²) < 4.78 is 5.26. The lowest BCUT2D eigenvalue weighted by molar-refractivity contribution is 0.368. The van der Waals surface area contributed by atoms with E-state index in [9.17, 15) is 0 Å². The van der Waals surface area contributed by atoms with E-state index in [4.69, 9.17) is 10.00 Å². The van der Waals surface area contributed by atoms with Gasteiger partial charge in [0.1, 0.15) is 11.8 Å². The molecule has 1 unspecified atom stereocenters. The van der Waals surface area contributed by atoms with Crippen LogP contribution in [-0.4, -0.2) is 6.61 Å². The molecule has 3 heteroatoms. The van der Waals surface area contributed by atoms with Crippen LogP contribution < -0.4 is 10.1 Å². The van der Waals surface area contributed by atoms with Gasteiger partial charge in [-0.3, -0.25) is 0 Å². The van der Waals surface area contributed by atoms with E-state index in [0.29, 0.717) is 0 Å². The van der Waals surface area contributed by atoms with E-state index >= 15 is 0 Å². The largest absolute Gasteiger partial charge is 0.479 e. The van der Waals surface area contributed by atoms with Crippen LogP contribution in [0.1, 0.15) is 37.1 Å². The number of hydrogen-bond donors (Lipinski definition) is 1. The van der Waals surface area contributed by atoms with E-state index in [-0.39, 0.29) is 18.7 Å². The number of hydrogen-bond acceptors (Lipinski definition) is 3. The van der Waals surface area contributed by atoms with Gasteiger partial charge in [-0.2, -0.15) is 5.26 Å². The van der Waals surface area contributed by atoms with Crippen LogP contribution in [0.4, 0.5) is 0 Å². The minimum Gasteiger partial charge on any atom is -0.479 e. The molecule has 2 rings (SSSR count). The highest BCUT2D eigenvalue weighted by Crippen LogP contribution is 2.21. The summed E-state index contributed by atoms with van der Waals surface area (Å²) in [5.41, 5.74) is 2.47. The molecule has 0 saturated heterocycles. The lowest BCUT2D eigenvalue weighted by atomic mass is 10.0. The first kappa shape index (κ1) is 15.1. The molecule has 108 valence electrons. The monoisotopic (exact) mass is 280 g/mol. The zero-order chi connectivity index (χ0) is 15.1. The summed E-state index contributed by atoms with van der Waals surface area (Å²) in [5.74, 6) is 0.726. The number of rotatable bonds is 6.